The van der Waals surface area contributed by atoms with Gasteiger partial charge in [-0.05, 0) is 57.7 Å². The first-order chi connectivity index (χ1) is 8.78. The van der Waals surface area contributed by atoms with Crippen molar-refractivity contribution < 1.29 is 0 Å². The molecule has 3 aliphatic heterocycles. The lowest BCUT2D eigenvalue weighted by Gasteiger charge is -2.45. The molecule has 3 aliphatic rings. The number of piperidine rings is 2. The van der Waals surface area contributed by atoms with Crippen LogP contribution in [0.3, 0.4) is 0 Å². The quantitative estimate of drug-likeness (QED) is 0.810. The molecular weight excluding hydrogens is 222 g/mol. The molecule has 18 heavy (non-hydrogen) atoms. The van der Waals surface area contributed by atoms with E-state index < -0.39 is 0 Å². The Morgan fingerprint density at radius 2 is 1.78 bits per heavy atom. The monoisotopic (exact) mass is 251 g/mol. The molecule has 0 aromatic heterocycles. The summed E-state index contributed by atoms with van der Waals surface area (Å²) in [7, 11) is 0. The van der Waals surface area contributed by atoms with E-state index in [1.54, 1.807) is 0 Å². The van der Waals surface area contributed by atoms with Crippen molar-refractivity contribution in [2.75, 3.05) is 26.2 Å². The third-order valence-corrected chi connectivity index (χ3v) is 5.66. The van der Waals surface area contributed by atoms with Crippen molar-refractivity contribution in [3.05, 3.63) is 0 Å². The Hall–Kier alpha value is -0.120. The number of rotatable bonds is 2. The van der Waals surface area contributed by atoms with Gasteiger partial charge in [0.25, 0.3) is 0 Å². The molecule has 0 aromatic rings. The topological polar surface area (TPSA) is 32.5 Å². The summed E-state index contributed by atoms with van der Waals surface area (Å²) in [6.07, 6.45) is 8.15. The molecule has 0 aromatic carbocycles. The van der Waals surface area contributed by atoms with Gasteiger partial charge in [-0.1, -0.05) is 13.3 Å². The predicted molar refractivity (Wildman–Crippen MR) is 75.6 cm³/mol. The van der Waals surface area contributed by atoms with Crippen LogP contribution in [0.5, 0.6) is 0 Å². The van der Waals surface area contributed by atoms with Crippen LogP contribution in [-0.4, -0.2) is 54.1 Å². The molecule has 2 N–H and O–H groups in total. The largest absolute Gasteiger partial charge is 0.327 e. The second kappa shape index (κ2) is 5.48. The summed E-state index contributed by atoms with van der Waals surface area (Å²) in [5.41, 5.74) is 6.23. The molecule has 4 unspecified atom stereocenters. The molecule has 3 heteroatoms. The molecule has 0 saturated carbocycles. The third-order valence-electron chi connectivity index (χ3n) is 5.66. The second-order valence-corrected chi connectivity index (χ2v) is 6.63. The van der Waals surface area contributed by atoms with Gasteiger partial charge in [0, 0.05) is 24.7 Å². The van der Waals surface area contributed by atoms with Gasteiger partial charge in [-0.3, -0.25) is 4.90 Å². The first-order valence-corrected chi connectivity index (χ1v) is 8.01. The lowest BCUT2D eigenvalue weighted by atomic mass is 9.87. The molecule has 3 nitrogen and oxygen atoms in total. The Labute approximate surface area is 112 Å². The van der Waals surface area contributed by atoms with E-state index in [-0.39, 0.29) is 0 Å². The van der Waals surface area contributed by atoms with Crippen molar-refractivity contribution in [3.8, 4) is 0 Å². The summed E-state index contributed by atoms with van der Waals surface area (Å²) in [5, 5.41) is 0. The SMILES string of the molecule is CCC1CN(C2CCN3CCCC3C2)CCC1N. The summed E-state index contributed by atoms with van der Waals surface area (Å²) in [6.45, 7) is 7.51. The second-order valence-electron chi connectivity index (χ2n) is 6.63. The van der Waals surface area contributed by atoms with E-state index >= 15 is 0 Å². The van der Waals surface area contributed by atoms with Crippen LogP contribution in [0.15, 0.2) is 0 Å². The molecule has 104 valence electrons. The first kappa shape index (κ1) is 12.9. The molecule has 0 radical (unpaired) electrons. The normalized spacial score (nSPS) is 43.0. The van der Waals surface area contributed by atoms with Gasteiger partial charge in [-0.25, -0.2) is 0 Å². The highest BCUT2D eigenvalue weighted by Crippen LogP contribution is 2.31. The first-order valence-electron chi connectivity index (χ1n) is 8.01. The number of hydrogen-bond acceptors (Lipinski definition) is 3. The van der Waals surface area contributed by atoms with E-state index in [0.29, 0.717) is 6.04 Å². The fourth-order valence-corrected chi connectivity index (χ4v) is 4.38. The zero-order valence-corrected chi connectivity index (χ0v) is 11.9. The lowest BCUT2D eigenvalue weighted by molar-refractivity contribution is 0.0495. The van der Waals surface area contributed by atoms with Crippen LogP contribution in [0, 0.1) is 5.92 Å². The molecule has 0 amide bonds. The molecule has 3 fully saturated rings. The predicted octanol–water partition coefficient (Wildman–Crippen LogP) is 1.67. The van der Waals surface area contributed by atoms with Crippen LogP contribution in [0.2, 0.25) is 0 Å². The summed E-state index contributed by atoms with van der Waals surface area (Å²) >= 11 is 0. The number of nitrogens with two attached hydrogens (primary N) is 1. The summed E-state index contributed by atoms with van der Waals surface area (Å²) < 4.78 is 0. The minimum Gasteiger partial charge on any atom is -0.327 e. The van der Waals surface area contributed by atoms with Gasteiger partial charge in [0.15, 0.2) is 0 Å². The van der Waals surface area contributed by atoms with Gasteiger partial charge in [0.2, 0.25) is 0 Å². The van der Waals surface area contributed by atoms with E-state index in [2.05, 4.69) is 16.7 Å². The Balaban J connectivity index is 1.58. The van der Waals surface area contributed by atoms with Crippen LogP contribution in [0.4, 0.5) is 0 Å². The Kier molecular flexibility index (Phi) is 3.92. The molecule has 3 rings (SSSR count). The lowest BCUT2D eigenvalue weighted by Crippen LogP contribution is -2.54. The fraction of sp³-hybridized carbons (Fsp3) is 1.00. The third kappa shape index (κ3) is 2.45. The molecule has 4 atom stereocenters. The maximum Gasteiger partial charge on any atom is 0.0122 e. The van der Waals surface area contributed by atoms with Crippen LogP contribution in [0.1, 0.15) is 45.4 Å². The summed E-state index contributed by atoms with van der Waals surface area (Å²) in [6, 6.07) is 2.21. The van der Waals surface area contributed by atoms with Gasteiger partial charge in [0.1, 0.15) is 0 Å². The van der Waals surface area contributed by atoms with E-state index in [1.807, 2.05) is 0 Å². The fourth-order valence-electron chi connectivity index (χ4n) is 4.38. The number of hydrogen-bond donors (Lipinski definition) is 1. The zero-order valence-electron chi connectivity index (χ0n) is 11.9. The van der Waals surface area contributed by atoms with Crippen molar-refractivity contribution >= 4 is 0 Å². The Bertz CT molecular complexity index is 277. The van der Waals surface area contributed by atoms with Crippen LogP contribution < -0.4 is 5.73 Å². The molecule has 3 saturated heterocycles. The van der Waals surface area contributed by atoms with E-state index in [0.717, 1.165) is 18.0 Å². The van der Waals surface area contributed by atoms with Crippen molar-refractivity contribution in [1.82, 2.24) is 9.80 Å². The molecule has 0 aliphatic carbocycles. The van der Waals surface area contributed by atoms with Gasteiger partial charge in [-0.2, -0.15) is 0 Å². The maximum atomic E-state index is 6.23. The Morgan fingerprint density at radius 3 is 2.61 bits per heavy atom. The summed E-state index contributed by atoms with van der Waals surface area (Å²) in [5.74, 6) is 0.736. The van der Waals surface area contributed by atoms with E-state index in [1.165, 1.54) is 64.7 Å². The van der Waals surface area contributed by atoms with Crippen molar-refractivity contribution in [2.45, 2.75) is 63.6 Å². The van der Waals surface area contributed by atoms with Crippen molar-refractivity contribution in [1.29, 1.82) is 0 Å². The van der Waals surface area contributed by atoms with Gasteiger partial charge >= 0.3 is 0 Å². The number of likely N-dealkylation sites (tertiary alicyclic amines) is 1. The van der Waals surface area contributed by atoms with E-state index in [4.69, 9.17) is 5.73 Å². The van der Waals surface area contributed by atoms with Gasteiger partial charge in [0.05, 0.1) is 0 Å². The minimum absolute atomic E-state index is 0.456. The highest BCUT2D eigenvalue weighted by atomic mass is 15.2. The van der Waals surface area contributed by atoms with Crippen LogP contribution in [0.25, 0.3) is 0 Å². The molecule has 3 heterocycles. The van der Waals surface area contributed by atoms with Gasteiger partial charge in [-0.15, -0.1) is 0 Å². The zero-order chi connectivity index (χ0) is 12.5. The molecule has 0 bridgehead atoms. The smallest absolute Gasteiger partial charge is 0.0122 e. The van der Waals surface area contributed by atoms with Crippen molar-refractivity contribution in [3.63, 3.8) is 0 Å². The summed E-state index contributed by atoms with van der Waals surface area (Å²) in [4.78, 5) is 5.50. The maximum absolute atomic E-state index is 6.23. The van der Waals surface area contributed by atoms with Crippen molar-refractivity contribution in [2.24, 2.45) is 11.7 Å². The van der Waals surface area contributed by atoms with Crippen LogP contribution >= 0.6 is 0 Å². The number of fused-ring (bicyclic) bond motifs is 1. The highest BCUT2D eigenvalue weighted by Gasteiger charge is 2.36. The Morgan fingerprint density at radius 1 is 1.00 bits per heavy atom. The standard InChI is InChI=1S/C15H29N3/c1-2-12-11-18(9-6-15(12)16)14-5-8-17-7-3-4-13(17)10-14/h12-15H,2-11,16H2,1H3. The average Bonchev–Trinajstić information content (AvgIpc) is 2.86. The average molecular weight is 251 g/mol. The van der Waals surface area contributed by atoms with Gasteiger partial charge < -0.3 is 10.6 Å². The van der Waals surface area contributed by atoms with Crippen LogP contribution in [-0.2, 0) is 0 Å². The molecular formula is C15H29N3. The number of nitrogens with zero attached hydrogens (tertiary/aromatic N) is 2. The molecule has 0 spiro atoms. The highest BCUT2D eigenvalue weighted by molar-refractivity contribution is 4.93. The van der Waals surface area contributed by atoms with E-state index in [9.17, 15) is 0 Å². The minimum atomic E-state index is 0.456.